The molecule has 0 aliphatic carbocycles. The second-order valence-corrected chi connectivity index (χ2v) is 11.7. The van der Waals surface area contributed by atoms with Gasteiger partial charge in [0.15, 0.2) is 0 Å². The molecule has 3 heterocycles. The molecule has 2 fully saturated rings. The fraction of sp³-hybridized carbons (Fsp3) is 0.560. The highest BCUT2D eigenvalue weighted by Gasteiger charge is 2.34. The predicted molar refractivity (Wildman–Crippen MR) is 145 cm³/mol. The van der Waals surface area contributed by atoms with Crippen LogP contribution in [0.2, 0.25) is 5.02 Å². The first-order chi connectivity index (χ1) is 18.3. The van der Waals surface area contributed by atoms with E-state index in [2.05, 4.69) is 10.4 Å². The number of nitriles is 1. The number of nitrogens with zero attached hydrogens (tertiary/aromatic N) is 5. The summed E-state index contributed by atoms with van der Waals surface area (Å²) >= 11 is 6.40. The molecule has 4 rings (SSSR count). The molecular weight excluding hydrogens is 532 g/mol. The quantitative estimate of drug-likeness (QED) is 0.466. The Kier molecular flexibility index (Phi) is 9.62. The normalized spacial score (nSPS) is 19.1. The van der Waals surface area contributed by atoms with Crippen molar-refractivity contribution in [3.63, 3.8) is 0 Å². The summed E-state index contributed by atoms with van der Waals surface area (Å²) in [4.78, 5) is 13.0. The van der Waals surface area contributed by atoms with Crippen molar-refractivity contribution in [3.8, 4) is 6.07 Å². The molecule has 1 aromatic carbocycles. The molecule has 11 nitrogen and oxygen atoms in total. The number of halogens is 1. The Morgan fingerprint density at radius 2 is 2.00 bits per heavy atom. The van der Waals surface area contributed by atoms with Crippen LogP contribution in [0.4, 0.5) is 11.4 Å². The van der Waals surface area contributed by atoms with Crippen molar-refractivity contribution < 1.29 is 17.9 Å². The van der Waals surface area contributed by atoms with E-state index in [4.69, 9.17) is 26.3 Å². The Morgan fingerprint density at radius 3 is 2.63 bits per heavy atom. The van der Waals surface area contributed by atoms with Gasteiger partial charge in [0.05, 0.1) is 55.0 Å². The lowest BCUT2D eigenvalue weighted by Crippen LogP contribution is -2.49. The highest BCUT2D eigenvalue weighted by Crippen LogP contribution is 2.28. The molecule has 1 N–H and O–H groups in total. The van der Waals surface area contributed by atoms with Crippen LogP contribution in [0.15, 0.2) is 35.3 Å². The summed E-state index contributed by atoms with van der Waals surface area (Å²) in [7, 11) is -2.36. The van der Waals surface area contributed by atoms with Crippen molar-refractivity contribution >= 4 is 33.2 Å². The van der Waals surface area contributed by atoms with E-state index >= 15 is 0 Å². The number of ether oxygens (including phenoxy) is 2. The topological polar surface area (TPSA) is 130 Å². The second kappa shape index (κ2) is 12.9. The lowest BCUT2D eigenvalue weighted by Gasteiger charge is -2.35. The molecule has 2 aliphatic heterocycles. The monoisotopic (exact) mass is 564 g/mol. The number of anilines is 2. The van der Waals surface area contributed by atoms with Gasteiger partial charge < -0.3 is 14.8 Å². The lowest BCUT2D eigenvalue weighted by molar-refractivity contribution is 0.0595. The van der Waals surface area contributed by atoms with Gasteiger partial charge in [-0.25, -0.2) is 4.68 Å². The maximum absolute atomic E-state index is 13.6. The van der Waals surface area contributed by atoms with Crippen LogP contribution in [0.1, 0.15) is 37.3 Å². The van der Waals surface area contributed by atoms with E-state index in [9.17, 15) is 13.2 Å². The maximum atomic E-state index is 13.6. The first kappa shape index (κ1) is 28.3. The van der Waals surface area contributed by atoms with Gasteiger partial charge in [0.2, 0.25) is 0 Å². The summed E-state index contributed by atoms with van der Waals surface area (Å²) in [5, 5.41) is 16.7. The van der Waals surface area contributed by atoms with E-state index in [0.29, 0.717) is 48.8 Å². The van der Waals surface area contributed by atoms with Gasteiger partial charge in [-0.15, -0.1) is 0 Å². The molecule has 0 amide bonds. The van der Waals surface area contributed by atoms with Crippen LogP contribution in [0.5, 0.6) is 0 Å². The molecule has 2 aromatic rings. The van der Waals surface area contributed by atoms with Crippen molar-refractivity contribution in [1.82, 2.24) is 14.1 Å². The number of benzene rings is 1. The summed E-state index contributed by atoms with van der Waals surface area (Å²) in [6.45, 7) is 2.91. The van der Waals surface area contributed by atoms with Crippen LogP contribution in [-0.4, -0.2) is 75.6 Å². The zero-order chi connectivity index (χ0) is 27.1. The highest BCUT2D eigenvalue weighted by molar-refractivity contribution is 7.90. The average Bonchev–Trinajstić information content (AvgIpc) is 2.95. The molecule has 0 unspecified atom stereocenters. The van der Waals surface area contributed by atoms with Gasteiger partial charge in [0.1, 0.15) is 5.02 Å². The van der Waals surface area contributed by atoms with Gasteiger partial charge in [-0.1, -0.05) is 11.6 Å². The van der Waals surface area contributed by atoms with Crippen LogP contribution < -0.4 is 15.2 Å². The van der Waals surface area contributed by atoms with Crippen LogP contribution in [0, 0.1) is 17.2 Å². The van der Waals surface area contributed by atoms with Gasteiger partial charge in [0, 0.05) is 33.4 Å². The molecular formula is C25H33ClN6O5S. The summed E-state index contributed by atoms with van der Waals surface area (Å²) in [6.07, 6.45) is 4.48. The minimum Gasteiger partial charge on any atom is -0.383 e. The average molecular weight is 565 g/mol. The Hall–Kier alpha value is -2.69. The minimum atomic E-state index is -3.87. The third-order valence-electron chi connectivity index (χ3n) is 6.94. The molecule has 13 heteroatoms. The van der Waals surface area contributed by atoms with Gasteiger partial charge in [-0.2, -0.15) is 23.1 Å². The van der Waals surface area contributed by atoms with Gasteiger partial charge >= 0.3 is 10.2 Å². The van der Waals surface area contributed by atoms with Crippen molar-refractivity contribution in [1.29, 1.82) is 5.26 Å². The fourth-order valence-corrected chi connectivity index (χ4v) is 6.61. The Labute approximate surface area is 228 Å². The first-order valence-electron chi connectivity index (χ1n) is 12.7. The number of nitrogens with one attached hydrogen (secondary N) is 1. The molecule has 0 spiro atoms. The van der Waals surface area contributed by atoms with Crippen LogP contribution in [0.3, 0.4) is 0 Å². The molecule has 38 heavy (non-hydrogen) atoms. The third kappa shape index (κ3) is 6.47. The van der Waals surface area contributed by atoms with E-state index in [1.165, 1.54) is 20.4 Å². The summed E-state index contributed by atoms with van der Waals surface area (Å²) < 4.78 is 41.8. The zero-order valence-corrected chi connectivity index (χ0v) is 23.0. The van der Waals surface area contributed by atoms with Crippen LogP contribution >= 0.6 is 11.6 Å². The van der Waals surface area contributed by atoms with Gasteiger partial charge in [0.25, 0.3) is 5.56 Å². The van der Waals surface area contributed by atoms with Crippen molar-refractivity contribution in [2.24, 2.45) is 5.92 Å². The maximum Gasteiger partial charge on any atom is 0.304 e. The molecule has 1 aromatic heterocycles. The van der Waals surface area contributed by atoms with E-state index < -0.39 is 15.8 Å². The number of methoxy groups -OCH3 is 1. The zero-order valence-electron chi connectivity index (χ0n) is 21.4. The molecule has 2 saturated heterocycles. The number of aromatic nitrogens is 2. The molecule has 1 atom stereocenters. The fourth-order valence-electron chi connectivity index (χ4n) is 4.76. The number of hydrogen-bond donors (Lipinski definition) is 1. The van der Waals surface area contributed by atoms with E-state index in [0.717, 1.165) is 19.4 Å². The summed E-state index contributed by atoms with van der Waals surface area (Å²) in [5.74, 6) is 0.362. The van der Waals surface area contributed by atoms with Gasteiger partial charge in [-0.3, -0.25) is 9.10 Å². The molecule has 0 bridgehead atoms. The molecule has 0 radical (unpaired) electrons. The standard InChI is InChI=1S/C25H33ClN6O5S/c1-36-14-12-31(21-6-4-19(15-27)5-7-21)38(34,35)30-10-8-22(9-11-30)32-25(33)24(26)23(17-29-32)28-16-20-3-2-13-37-18-20/h4-7,17,20,22,28H,2-3,8-14,16,18H2,1H3/t20-/m0/s1. The molecule has 2 aliphatic rings. The third-order valence-corrected chi connectivity index (χ3v) is 9.27. The lowest BCUT2D eigenvalue weighted by atomic mass is 10.0. The van der Waals surface area contributed by atoms with Gasteiger partial charge in [-0.05, 0) is 55.9 Å². The largest absolute Gasteiger partial charge is 0.383 e. The molecule has 206 valence electrons. The SMILES string of the molecule is COCCN(c1ccc(C#N)cc1)S(=O)(=O)N1CCC(n2ncc(NC[C@@H]3CCCOC3)c(Cl)c2=O)CC1. The smallest absolute Gasteiger partial charge is 0.304 e. The Balaban J connectivity index is 1.43. The van der Waals surface area contributed by atoms with E-state index in [-0.39, 0.29) is 37.3 Å². The van der Waals surface area contributed by atoms with Crippen LogP contribution in [-0.2, 0) is 19.7 Å². The van der Waals surface area contributed by atoms with Crippen LogP contribution in [0.25, 0.3) is 0 Å². The van der Waals surface area contributed by atoms with Crippen molar-refractivity contribution in [2.45, 2.75) is 31.7 Å². The molecule has 0 saturated carbocycles. The highest BCUT2D eigenvalue weighted by atomic mass is 35.5. The number of rotatable bonds is 10. The Morgan fingerprint density at radius 1 is 1.26 bits per heavy atom. The number of piperidine rings is 1. The van der Waals surface area contributed by atoms with E-state index in [1.54, 1.807) is 30.5 Å². The number of hydrogen-bond acceptors (Lipinski definition) is 8. The first-order valence-corrected chi connectivity index (χ1v) is 14.5. The van der Waals surface area contributed by atoms with Crippen molar-refractivity contribution in [2.75, 3.05) is 62.7 Å². The Bertz CT molecular complexity index is 1280. The van der Waals surface area contributed by atoms with E-state index in [1.807, 2.05) is 6.07 Å². The predicted octanol–water partition coefficient (Wildman–Crippen LogP) is 2.64. The van der Waals surface area contributed by atoms with Crippen molar-refractivity contribution in [3.05, 3.63) is 51.4 Å². The second-order valence-electron chi connectivity index (χ2n) is 9.45. The summed E-state index contributed by atoms with van der Waals surface area (Å²) in [5.41, 5.74) is 1.00. The minimum absolute atomic E-state index is 0.0818. The summed E-state index contributed by atoms with van der Waals surface area (Å²) in [6, 6.07) is 8.16.